The van der Waals surface area contributed by atoms with Gasteiger partial charge in [0.15, 0.2) is 10.8 Å². The summed E-state index contributed by atoms with van der Waals surface area (Å²) in [5.74, 6) is -1.75. The minimum absolute atomic E-state index is 0.108. The molecule has 14 heteroatoms. The molecule has 1 aromatic carbocycles. The number of fused-ring (bicyclic) bond motifs is 1. The van der Waals surface area contributed by atoms with Crippen molar-refractivity contribution >= 4 is 46.7 Å². The first-order valence-corrected chi connectivity index (χ1v) is 15.3. The third-order valence-corrected chi connectivity index (χ3v) is 9.15. The number of halogens is 2. The number of amidine groups is 1. The monoisotopic (exact) mass is 632 g/mol. The van der Waals surface area contributed by atoms with Gasteiger partial charge >= 0.3 is 18.0 Å². The number of nitrogens with zero attached hydrogens (tertiary/aromatic N) is 5. The lowest BCUT2D eigenvalue weighted by Crippen LogP contribution is -2.53. The molecule has 2 saturated heterocycles. The van der Waals surface area contributed by atoms with Crippen LogP contribution in [0.5, 0.6) is 0 Å². The maximum atomic E-state index is 14.6. The van der Waals surface area contributed by atoms with Crippen molar-refractivity contribution in [3.63, 3.8) is 0 Å². The molecule has 2 unspecified atom stereocenters. The molecule has 2 fully saturated rings. The fourth-order valence-corrected chi connectivity index (χ4v) is 6.56. The van der Waals surface area contributed by atoms with E-state index in [1.807, 2.05) is 12.3 Å². The van der Waals surface area contributed by atoms with E-state index in [0.717, 1.165) is 5.69 Å². The molecule has 2 amide bonds. The molecule has 0 radical (unpaired) electrons. The van der Waals surface area contributed by atoms with Crippen LogP contribution in [0.15, 0.2) is 39.8 Å². The van der Waals surface area contributed by atoms with Gasteiger partial charge in [0.2, 0.25) is 0 Å². The van der Waals surface area contributed by atoms with E-state index in [9.17, 15) is 23.9 Å². The zero-order chi connectivity index (χ0) is 31.1. The van der Waals surface area contributed by atoms with Crippen LogP contribution in [0.25, 0.3) is 0 Å². The number of hydrogen-bond donors (Lipinski definition) is 2. The van der Waals surface area contributed by atoms with Crippen molar-refractivity contribution in [3.8, 4) is 0 Å². The Morgan fingerprint density at radius 3 is 2.72 bits per heavy atom. The number of aryl methyl sites for hydroxylation is 1. The lowest BCUT2D eigenvalue weighted by atomic mass is 9.93. The number of nitrogens with one attached hydrogen (secondary N) is 1. The quantitative estimate of drug-likeness (QED) is 0.401. The van der Waals surface area contributed by atoms with Crippen molar-refractivity contribution in [2.24, 2.45) is 10.4 Å². The number of amides is 2. The number of ether oxygens (including phenoxy) is 1. The molecule has 0 saturated carbocycles. The van der Waals surface area contributed by atoms with Gasteiger partial charge in [-0.3, -0.25) is 14.7 Å². The molecule has 2 aromatic rings. The molecule has 3 aliphatic heterocycles. The van der Waals surface area contributed by atoms with Crippen LogP contribution in [0.1, 0.15) is 43.1 Å². The summed E-state index contributed by atoms with van der Waals surface area (Å²) in [5.41, 5.74) is 0.818. The predicted molar refractivity (Wildman–Crippen MR) is 160 cm³/mol. The van der Waals surface area contributed by atoms with Crippen molar-refractivity contribution in [3.05, 3.63) is 62.0 Å². The number of benzene rings is 1. The van der Waals surface area contributed by atoms with Crippen molar-refractivity contribution in [2.75, 3.05) is 45.9 Å². The molecule has 0 aliphatic carbocycles. The summed E-state index contributed by atoms with van der Waals surface area (Å²) in [4.78, 5) is 53.1. The van der Waals surface area contributed by atoms with E-state index < -0.39 is 29.2 Å². The zero-order valence-electron chi connectivity index (χ0n) is 24.4. The highest BCUT2D eigenvalue weighted by Crippen LogP contribution is 2.38. The maximum Gasteiger partial charge on any atom is 0.338 e. The number of carbonyl (C=O) groups excluding carboxylic acids is 2. The van der Waals surface area contributed by atoms with Gasteiger partial charge in [0.25, 0.3) is 0 Å². The van der Waals surface area contributed by atoms with Crippen LogP contribution in [-0.4, -0.2) is 101 Å². The number of hydrogen-bond acceptors (Lipinski definition) is 9. The standard InChI is InChI=1S/C29H34ClFN6O5S/c1-5-42-26(38)21-20(13-35-9-10-37-17(11-35)12-36(28(37)41)15-29(3,4)27(39)40)33-24(25-32-16(2)14-43-25)34-23(21)18-7-6-8-19(31)22(18)30/h6-8,14,17,23H,5,9-13,15H2,1-4H3,(H,33,34)(H,39,40). The molecule has 0 bridgehead atoms. The van der Waals surface area contributed by atoms with E-state index in [1.165, 1.54) is 23.5 Å². The number of piperazine rings is 1. The molecular weight excluding hydrogens is 599 g/mol. The largest absolute Gasteiger partial charge is 0.481 e. The van der Waals surface area contributed by atoms with Crippen LogP contribution in [0.4, 0.5) is 9.18 Å². The highest BCUT2D eigenvalue weighted by Gasteiger charge is 2.44. The maximum absolute atomic E-state index is 14.6. The first-order valence-electron chi connectivity index (χ1n) is 14.0. The van der Waals surface area contributed by atoms with Crippen molar-refractivity contribution < 1.29 is 28.6 Å². The molecule has 11 nitrogen and oxygen atoms in total. The molecule has 2 atom stereocenters. The van der Waals surface area contributed by atoms with Crippen LogP contribution in [0.2, 0.25) is 5.02 Å². The van der Waals surface area contributed by atoms with Gasteiger partial charge in [-0.1, -0.05) is 23.7 Å². The Hall–Kier alpha value is -3.55. The molecule has 230 valence electrons. The Bertz CT molecular complexity index is 1510. The molecular formula is C29H34ClFN6O5S. The van der Waals surface area contributed by atoms with E-state index in [-0.39, 0.29) is 35.8 Å². The number of carboxylic acids is 1. The minimum atomic E-state index is -1.08. The summed E-state index contributed by atoms with van der Waals surface area (Å²) in [6.07, 6.45) is 0. The second-order valence-electron chi connectivity index (χ2n) is 11.5. The number of thiazole rings is 1. The van der Waals surface area contributed by atoms with Gasteiger partial charge < -0.3 is 25.0 Å². The van der Waals surface area contributed by atoms with Gasteiger partial charge in [-0.05, 0) is 33.8 Å². The topological polar surface area (TPSA) is 128 Å². The number of carbonyl (C=O) groups is 3. The Morgan fingerprint density at radius 2 is 2.05 bits per heavy atom. The predicted octanol–water partition coefficient (Wildman–Crippen LogP) is 3.68. The van der Waals surface area contributed by atoms with Crippen LogP contribution < -0.4 is 5.32 Å². The normalized spacial score (nSPS) is 21.1. The fourth-order valence-electron chi connectivity index (χ4n) is 5.58. The zero-order valence-corrected chi connectivity index (χ0v) is 26.0. The lowest BCUT2D eigenvalue weighted by molar-refractivity contribution is -0.147. The van der Waals surface area contributed by atoms with Crippen molar-refractivity contribution in [1.82, 2.24) is 25.0 Å². The third-order valence-electron chi connectivity index (χ3n) is 7.78. The summed E-state index contributed by atoms with van der Waals surface area (Å²) in [7, 11) is 0. The van der Waals surface area contributed by atoms with Crippen molar-refractivity contribution in [1.29, 1.82) is 0 Å². The van der Waals surface area contributed by atoms with E-state index in [1.54, 1.807) is 36.6 Å². The van der Waals surface area contributed by atoms with E-state index in [0.29, 0.717) is 54.8 Å². The minimum Gasteiger partial charge on any atom is -0.481 e. The van der Waals surface area contributed by atoms with Gasteiger partial charge in [0, 0.05) is 61.6 Å². The molecule has 1 aromatic heterocycles. The first-order chi connectivity index (χ1) is 20.4. The Balaban J connectivity index is 1.47. The molecule has 0 spiro atoms. The lowest BCUT2D eigenvalue weighted by Gasteiger charge is -2.38. The Morgan fingerprint density at radius 1 is 1.28 bits per heavy atom. The second kappa shape index (κ2) is 12.2. The summed E-state index contributed by atoms with van der Waals surface area (Å²) >= 11 is 7.82. The van der Waals surface area contributed by atoms with Crippen LogP contribution in [-0.2, 0) is 14.3 Å². The molecule has 5 rings (SSSR count). The Labute approximate surface area is 258 Å². The SMILES string of the molecule is CCOC(=O)C1=C(CN2CCN3C(=O)N(CC(C)(C)C(=O)O)CC3C2)NC(c2nc(C)cs2)=NC1c1cccc(F)c1Cl. The summed E-state index contributed by atoms with van der Waals surface area (Å²) in [6.45, 7) is 9.19. The van der Waals surface area contributed by atoms with Crippen LogP contribution in [0, 0.1) is 18.2 Å². The second-order valence-corrected chi connectivity index (χ2v) is 12.7. The number of urea groups is 1. The average Bonchev–Trinajstić information content (AvgIpc) is 3.52. The highest BCUT2D eigenvalue weighted by atomic mass is 35.5. The molecule has 43 heavy (non-hydrogen) atoms. The molecule has 3 aliphatic rings. The number of aromatic nitrogens is 1. The molecule has 4 heterocycles. The van der Waals surface area contributed by atoms with Crippen molar-refractivity contribution in [2.45, 2.75) is 39.8 Å². The fraction of sp³-hybridized carbons (Fsp3) is 0.483. The first kappa shape index (κ1) is 30.9. The van der Waals surface area contributed by atoms with Gasteiger partial charge in [-0.2, -0.15) is 0 Å². The van der Waals surface area contributed by atoms with Gasteiger partial charge in [-0.15, -0.1) is 11.3 Å². The summed E-state index contributed by atoms with van der Waals surface area (Å²) in [6, 6.07) is 3.15. The van der Waals surface area contributed by atoms with E-state index in [4.69, 9.17) is 21.3 Å². The number of carboxylic acid groups (broad SMARTS) is 1. The number of rotatable bonds is 9. The summed E-state index contributed by atoms with van der Waals surface area (Å²) < 4.78 is 20.1. The Kier molecular flexibility index (Phi) is 8.77. The number of aliphatic imine (C=N–C) groups is 1. The van der Waals surface area contributed by atoms with E-state index >= 15 is 0 Å². The summed E-state index contributed by atoms with van der Waals surface area (Å²) in [5, 5.41) is 15.3. The number of esters is 1. The van der Waals surface area contributed by atoms with Crippen LogP contribution >= 0.6 is 22.9 Å². The molecule has 2 N–H and O–H groups in total. The van der Waals surface area contributed by atoms with Gasteiger partial charge in [0.05, 0.1) is 28.7 Å². The average molecular weight is 633 g/mol. The number of aliphatic carboxylic acids is 1. The van der Waals surface area contributed by atoms with E-state index in [2.05, 4.69) is 15.2 Å². The highest BCUT2D eigenvalue weighted by molar-refractivity contribution is 7.11. The van der Waals surface area contributed by atoms with Gasteiger partial charge in [-0.25, -0.2) is 19.0 Å². The van der Waals surface area contributed by atoms with Gasteiger partial charge in [0.1, 0.15) is 11.9 Å². The third kappa shape index (κ3) is 6.24. The smallest absolute Gasteiger partial charge is 0.338 e. The van der Waals surface area contributed by atoms with Crippen LogP contribution in [0.3, 0.4) is 0 Å².